The Morgan fingerprint density at radius 3 is 2.72 bits per heavy atom. The minimum Gasteiger partial charge on any atom is -0.379 e. The van der Waals surface area contributed by atoms with Crippen molar-refractivity contribution in [3.63, 3.8) is 0 Å². The first-order valence-corrected chi connectivity index (χ1v) is 7.87. The maximum Gasteiger partial charge on any atom is 0.416 e. The summed E-state index contributed by atoms with van der Waals surface area (Å²) in [6.07, 6.45) is -1.51. The van der Waals surface area contributed by atoms with Gasteiger partial charge in [0, 0.05) is 13.2 Å². The van der Waals surface area contributed by atoms with Crippen LogP contribution < -0.4 is 5.32 Å². The highest BCUT2D eigenvalue weighted by atomic mass is 19.4. The summed E-state index contributed by atoms with van der Waals surface area (Å²) in [5, 5.41) is 10.5. The molecule has 6 nitrogen and oxygen atoms in total. The smallest absolute Gasteiger partial charge is 0.379 e. The molecule has 0 saturated carbocycles. The van der Waals surface area contributed by atoms with E-state index in [-0.39, 0.29) is 17.6 Å². The van der Waals surface area contributed by atoms with Crippen molar-refractivity contribution >= 4 is 5.91 Å². The molecule has 1 amide bonds. The van der Waals surface area contributed by atoms with Gasteiger partial charge in [-0.05, 0) is 30.5 Å². The lowest BCUT2D eigenvalue weighted by Gasteiger charge is -2.08. The van der Waals surface area contributed by atoms with Crippen LogP contribution in [-0.4, -0.2) is 40.7 Å². The summed E-state index contributed by atoms with van der Waals surface area (Å²) in [6, 6.07) is 4.98. The second-order valence-corrected chi connectivity index (χ2v) is 5.80. The van der Waals surface area contributed by atoms with Gasteiger partial charge in [0.1, 0.15) is 0 Å². The molecule has 1 fully saturated rings. The highest BCUT2D eigenvalue weighted by molar-refractivity contribution is 5.91. The van der Waals surface area contributed by atoms with Gasteiger partial charge in [0.05, 0.1) is 24.4 Å². The van der Waals surface area contributed by atoms with E-state index in [0.29, 0.717) is 31.7 Å². The number of amides is 1. The zero-order valence-corrected chi connectivity index (χ0v) is 13.3. The summed E-state index contributed by atoms with van der Waals surface area (Å²) in [5.41, 5.74) is 0.229. The summed E-state index contributed by atoms with van der Waals surface area (Å²) in [5.74, 6) is -0.364. The second-order valence-electron chi connectivity index (χ2n) is 5.80. The summed E-state index contributed by atoms with van der Waals surface area (Å²) in [7, 11) is 0. The number of halogens is 3. The van der Waals surface area contributed by atoms with Crippen molar-refractivity contribution in [3.8, 4) is 0 Å². The third-order valence-corrected chi connectivity index (χ3v) is 4.00. The topological polar surface area (TPSA) is 69.0 Å². The number of carbonyl (C=O) groups is 1. The molecule has 1 N–H and O–H groups in total. The number of ether oxygens (including phenoxy) is 1. The Morgan fingerprint density at radius 2 is 2.08 bits per heavy atom. The van der Waals surface area contributed by atoms with E-state index in [1.54, 1.807) is 10.9 Å². The zero-order valence-electron chi connectivity index (χ0n) is 13.3. The molecule has 0 unspecified atom stereocenters. The van der Waals surface area contributed by atoms with Gasteiger partial charge in [-0.2, -0.15) is 13.2 Å². The van der Waals surface area contributed by atoms with Crippen molar-refractivity contribution in [1.29, 1.82) is 0 Å². The Balaban J connectivity index is 1.49. The molecule has 0 spiro atoms. The van der Waals surface area contributed by atoms with Gasteiger partial charge >= 0.3 is 6.18 Å². The predicted octanol–water partition coefficient (Wildman–Crippen LogP) is 2.23. The SMILES string of the molecule is O=C(NCCc1ccc(C(F)(F)F)cc1)c1cn([C@H]2CCOC2)nn1. The fourth-order valence-corrected chi connectivity index (χ4v) is 2.56. The van der Waals surface area contributed by atoms with Crippen molar-refractivity contribution in [1.82, 2.24) is 20.3 Å². The second kappa shape index (κ2) is 7.22. The van der Waals surface area contributed by atoms with E-state index in [1.165, 1.54) is 12.1 Å². The molecule has 3 rings (SSSR count). The highest BCUT2D eigenvalue weighted by Crippen LogP contribution is 2.29. The maximum atomic E-state index is 12.5. The first kappa shape index (κ1) is 17.4. The van der Waals surface area contributed by atoms with Gasteiger partial charge in [0.2, 0.25) is 0 Å². The lowest BCUT2D eigenvalue weighted by Crippen LogP contribution is -2.26. The quantitative estimate of drug-likeness (QED) is 0.894. The number of hydrogen-bond acceptors (Lipinski definition) is 4. The molecule has 25 heavy (non-hydrogen) atoms. The average molecular weight is 354 g/mol. The van der Waals surface area contributed by atoms with Crippen molar-refractivity contribution in [3.05, 3.63) is 47.3 Å². The van der Waals surface area contributed by atoms with E-state index >= 15 is 0 Å². The Bertz CT molecular complexity index is 722. The van der Waals surface area contributed by atoms with Crippen LogP contribution in [0, 0.1) is 0 Å². The molecule has 1 atom stereocenters. The molecular formula is C16H17F3N4O2. The summed E-state index contributed by atoms with van der Waals surface area (Å²) in [4.78, 5) is 12.0. The number of carbonyl (C=O) groups excluding carboxylic acids is 1. The first-order valence-electron chi connectivity index (χ1n) is 7.87. The molecule has 2 heterocycles. The van der Waals surface area contributed by atoms with Gasteiger partial charge in [-0.3, -0.25) is 4.79 Å². The third kappa shape index (κ3) is 4.36. The molecule has 9 heteroatoms. The number of aromatic nitrogens is 3. The average Bonchev–Trinajstić information content (AvgIpc) is 3.25. The third-order valence-electron chi connectivity index (χ3n) is 4.00. The molecular weight excluding hydrogens is 337 g/mol. The van der Waals surface area contributed by atoms with Crippen LogP contribution in [0.15, 0.2) is 30.5 Å². The largest absolute Gasteiger partial charge is 0.416 e. The van der Waals surface area contributed by atoms with Gasteiger partial charge in [-0.25, -0.2) is 4.68 Å². The lowest BCUT2D eigenvalue weighted by atomic mass is 10.1. The maximum absolute atomic E-state index is 12.5. The van der Waals surface area contributed by atoms with Crippen molar-refractivity contribution < 1.29 is 22.7 Å². The van der Waals surface area contributed by atoms with Crippen LogP contribution in [0.2, 0.25) is 0 Å². The molecule has 0 bridgehead atoms. The number of hydrogen-bond donors (Lipinski definition) is 1. The van der Waals surface area contributed by atoms with E-state index < -0.39 is 11.7 Å². The van der Waals surface area contributed by atoms with Gasteiger partial charge in [0.25, 0.3) is 5.91 Å². The fourth-order valence-electron chi connectivity index (χ4n) is 2.56. The van der Waals surface area contributed by atoms with Crippen LogP contribution in [0.25, 0.3) is 0 Å². The van der Waals surface area contributed by atoms with E-state index in [4.69, 9.17) is 4.74 Å². The molecule has 134 valence electrons. The van der Waals surface area contributed by atoms with Gasteiger partial charge in [-0.1, -0.05) is 17.3 Å². The van der Waals surface area contributed by atoms with Crippen molar-refractivity contribution in [2.75, 3.05) is 19.8 Å². The van der Waals surface area contributed by atoms with Crippen LogP contribution in [-0.2, 0) is 17.3 Å². The standard InChI is InChI=1S/C16H17F3N4O2/c17-16(18,19)12-3-1-11(2-4-12)5-7-20-15(24)14-9-23(22-21-14)13-6-8-25-10-13/h1-4,9,13H,5-8,10H2,(H,20,24)/t13-/m0/s1. The number of alkyl halides is 3. The molecule has 1 aliphatic rings. The Labute approximate surface area is 142 Å². The van der Waals surface area contributed by atoms with Crippen molar-refractivity contribution in [2.24, 2.45) is 0 Å². The number of nitrogens with one attached hydrogen (secondary N) is 1. The molecule has 1 aromatic carbocycles. The minimum absolute atomic E-state index is 0.0983. The number of nitrogens with zero attached hydrogens (tertiary/aromatic N) is 3. The highest BCUT2D eigenvalue weighted by Gasteiger charge is 2.29. The zero-order chi connectivity index (χ0) is 17.9. The molecule has 0 aliphatic carbocycles. The van der Waals surface area contributed by atoms with E-state index in [0.717, 1.165) is 18.6 Å². The van der Waals surface area contributed by atoms with Gasteiger partial charge in [0.15, 0.2) is 5.69 Å². The Hall–Kier alpha value is -2.42. The van der Waals surface area contributed by atoms with E-state index in [2.05, 4.69) is 15.6 Å². The summed E-state index contributed by atoms with van der Waals surface area (Å²) in [6.45, 7) is 1.52. The molecule has 2 aromatic rings. The van der Waals surface area contributed by atoms with E-state index in [1.807, 2.05) is 0 Å². The number of benzene rings is 1. The van der Waals surface area contributed by atoms with E-state index in [9.17, 15) is 18.0 Å². The van der Waals surface area contributed by atoms with Gasteiger partial charge in [-0.15, -0.1) is 5.10 Å². The fraction of sp³-hybridized carbons (Fsp3) is 0.438. The van der Waals surface area contributed by atoms with Crippen molar-refractivity contribution in [2.45, 2.75) is 25.1 Å². The summed E-state index contributed by atoms with van der Waals surface area (Å²) < 4.78 is 44.4. The molecule has 1 aliphatic heterocycles. The minimum atomic E-state index is -4.34. The van der Waals surface area contributed by atoms with Crippen LogP contribution in [0.4, 0.5) is 13.2 Å². The first-order chi connectivity index (χ1) is 11.9. The van der Waals surface area contributed by atoms with Crippen LogP contribution >= 0.6 is 0 Å². The Morgan fingerprint density at radius 1 is 1.32 bits per heavy atom. The van der Waals surface area contributed by atoms with Crippen LogP contribution in [0.1, 0.15) is 34.1 Å². The molecule has 0 radical (unpaired) electrons. The Kier molecular flexibility index (Phi) is 5.03. The van der Waals surface area contributed by atoms with Crippen LogP contribution in [0.5, 0.6) is 0 Å². The summed E-state index contributed by atoms with van der Waals surface area (Å²) >= 11 is 0. The van der Waals surface area contributed by atoms with Gasteiger partial charge < -0.3 is 10.1 Å². The normalized spacial score (nSPS) is 17.6. The molecule has 1 saturated heterocycles. The molecule has 1 aromatic heterocycles. The monoisotopic (exact) mass is 354 g/mol. The number of rotatable bonds is 5. The van der Waals surface area contributed by atoms with Crippen LogP contribution in [0.3, 0.4) is 0 Å². The predicted molar refractivity (Wildman–Crippen MR) is 82.0 cm³/mol. The lowest BCUT2D eigenvalue weighted by molar-refractivity contribution is -0.137.